The SMILES string of the molecule is COc1ccc([C@H](C)NC(=S)Nc2cccc(C(C)=O)c2)cc1OC. The molecular formula is C19H22N2O3S. The first-order chi connectivity index (χ1) is 11.9. The summed E-state index contributed by atoms with van der Waals surface area (Å²) in [5, 5.41) is 6.80. The Morgan fingerprint density at radius 3 is 2.44 bits per heavy atom. The van der Waals surface area contributed by atoms with E-state index in [1.807, 2.05) is 37.3 Å². The smallest absolute Gasteiger partial charge is 0.171 e. The van der Waals surface area contributed by atoms with Crippen molar-refractivity contribution in [3.63, 3.8) is 0 Å². The Kier molecular flexibility index (Phi) is 6.36. The first-order valence-electron chi connectivity index (χ1n) is 7.85. The number of hydrogen-bond acceptors (Lipinski definition) is 4. The summed E-state index contributed by atoms with van der Waals surface area (Å²) in [7, 11) is 3.21. The van der Waals surface area contributed by atoms with E-state index in [0.717, 1.165) is 11.3 Å². The van der Waals surface area contributed by atoms with Gasteiger partial charge in [-0.15, -0.1) is 0 Å². The fourth-order valence-electron chi connectivity index (χ4n) is 2.39. The Labute approximate surface area is 153 Å². The zero-order valence-electron chi connectivity index (χ0n) is 14.8. The third-order valence-electron chi connectivity index (χ3n) is 3.78. The van der Waals surface area contributed by atoms with E-state index in [1.54, 1.807) is 26.4 Å². The standard InChI is InChI=1S/C19H22N2O3S/c1-12(14-8-9-17(23-3)18(11-14)24-4)20-19(25)21-16-7-5-6-15(10-16)13(2)22/h5-12H,1-4H3,(H2,20,21,25)/t12-/m0/s1. The second-order valence-corrected chi connectivity index (χ2v) is 5.98. The van der Waals surface area contributed by atoms with Crippen molar-refractivity contribution in [2.45, 2.75) is 19.9 Å². The van der Waals surface area contributed by atoms with Gasteiger partial charge in [-0.1, -0.05) is 18.2 Å². The van der Waals surface area contributed by atoms with Gasteiger partial charge in [-0.3, -0.25) is 4.79 Å². The second-order valence-electron chi connectivity index (χ2n) is 5.57. The predicted octanol–water partition coefficient (Wildman–Crippen LogP) is 3.95. The zero-order chi connectivity index (χ0) is 18.4. The molecule has 2 aromatic carbocycles. The van der Waals surface area contributed by atoms with Gasteiger partial charge in [-0.2, -0.15) is 0 Å². The van der Waals surface area contributed by atoms with Gasteiger partial charge in [0.25, 0.3) is 0 Å². The molecule has 2 aromatic rings. The summed E-state index contributed by atoms with van der Waals surface area (Å²) in [5.74, 6) is 1.36. The van der Waals surface area contributed by atoms with Gasteiger partial charge in [0.15, 0.2) is 22.4 Å². The highest BCUT2D eigenvalue weighted by Crippen LogP contribution is 2.29. The van der Waals surface area contributed by atoms with Crippen LogP contribution in [0, 0.1) is 0 Å². The fraction of sp³-hybridized carbons (Fsp3) is 0.263. The van der Waals surface area contributed by atoms with Gasteiger partial charge in [0.1, 0.15) is 0 Å². The third kappa shape index (κ3) is 4.93. The van der Waals surface area contributed by atoms with Crippen LogP contribution in [0.2, 0.25) is 0 Å². The Morgan fingerprint density at radius 2 is 1.80 bits per heavy atom. The van der Waals surface area contributed by atoms with Gasteiger partial charge in [0.2, 0.25) is 0 Å². The van der Waals surface area contributed by atoms with Crippen molar-refractivity contribution in [1.29, 1.82) is 0 Å². The summed E-state index contributed by atoms with van der Waals surface area (Å²) < 4.78 is 10.6. The molecule has 5 nitrogen and oxygen atoms in total. The minimum atomic E-state index is -0.0317. The zero-order valence-corrected chi connectivity index (χ0v) is 15.6. The lowest BCUT2D eigenvalue weighted by Gasteiger charge is -2.19. The van der Waals surface area contributed by atoms with Crippen molar-refractivity contribution in [3.8, 4) is 11.5 Å². The number of rotatable bonds is 6. The van der Waals surface area contributed by atoms with Crippen molar-refractivity contribution >= 4 is 28.8 Å². The molecule has 132 valence electrons. The molecular weight excluding hydrogens is 336 g/mol. The lowest BCUT2D eigenvalue weighted by Crippen LogP contribution is -2.30. The maximum atomic E-state index is 11.5. The minimum absolute atomic E-state index is 0.0150. The molecule has 0 aliphatic rings. The number of methoxy groups -OCH3 is 2. The first kappa shape index (κ1) is 18.7. The predicted molar refractivity (Wildman–Crippen MR) is 104 cm³/mol. The fourth-order valence-corrected chi connectivity index (χ4v) is 2.68. The Morgan fingerprint density at radius 1 is 1.08 bits per heavy atom. The van der Waals surface area contributed by atoms with E-state index < -0.39 is 0 Å². The average molecular weight is 358 g/mol. The summed E-state index contributed by atoms with van der Waals surface area (Å²) >= 11 is 5.37. The Hall–Kier alpha value is -2.60. The van der Waals surface area contributed by atoms with Crippen LogP contribution in [-0.2, 0) is 0 Å². The lowest BCUT2D eigenvalue weighted by atomic mass is 10.1. The van der Waals surface area contributed by atoms with E-state index in [-0.39, 0.29) is 11.8 Å². The van der Waals surface area contributed by atoms with Crippen LogP contribution in [-0.4, -0.2) is 25.1 Å². The lowest BCUT2D eigenvalue weighted by molar-refractivity contribution is 0.101. The van der Waals surface area contributed by atoms with Gasteiger partial charge in [0, 0.05) is 11.3 Å². The molecule has 0 aliphatic heterocycles. The van der Waals surface area contributed by atoms with Crippen LogP contribution in [0.15, 0.2) is 42.5 Å². The monoisotopic (exact) mass is 358 g/mol. The number of carbonyl (C=O) groups excluding carboxylic acids is 1. The highest BCUT2D eigenvalue weighted by molar-refractivity contribution is 7.80. The summed E-state index contributed by atoms with van der Waals surface area (Å²) in [6.45, 7) is 3.54. The highest BCUT2D eigenvalue weighted by Gasteiger charge is 2.11. The number of benzene rings is 2. The molecule has 0 heterocycles. The molecule has 6 heteroatoms. The average Bonchev–Trinajstić information content (AvgIpc) is 2.61. The summed E-state index contributed by atoms with van der Waals surface area (Å²) in [5.41, 5.74) is 2.42. The van der Waals surface area contributed by atoms with Crippen LogP contribution in [0.4, 0.5) is 5.69 Å². The van der Waals surface area contributed by atoms with E-state index in [2.05, 4.69) is 10.6 Å². The molecule has 0 saturated carbocycles. The maximum Gasteiger partial charge on any atom is 0.171 e. The van der Waals surface area contributed by atoms with Crippen LogP contribution in [0.5, 0.6) is 11.5 Å². The van der Waals surface area contributed by atoms with Gasteiger partial charge < -0.3 is 20.1 Å². The number of anilines is 1. The molecule has 0 saturated heterocycles. The van der Waals surface area contributed by atoms with Gasteiger partial charge in [0.05, 0.1) is 20.3 Å². The molecule has 0 aliphatic carbocycles. The van der Waals surface area contributed by atoms with Crippen molar-refractivity contribution in [1.82, 2.24) is 5.32 Å². The Bertz CT molecular complexity index is 777. The van der Waals surface area contributed by atoms with Crippen LogP contribution in [0.3, 0.4) is 0 Å². The van der Waals surface area contributed by atoms with Crippen LogP contribution in [0.1, 0.15) is 35.8 Å². The van der Waals surface area contributed by atoms with Crippen LogP contribution >= 0.6 is 12.2 Å². The third-order valence-corrected chi connectivity index (χ3v) is 4.00. The largest absolute Gasteiger partial charge is 0.493 e. The van der Waals surface area contributed by atoms with Crippen molar-refractivity contribution in [2.75, 3.05) is 19.5 Å². The van der Waals surface area contributed by atoms with Gasteiger partial charge in [-0.05, 0) is 55.9 Å². The number of thiocarbonyl (C=S) groups is 1. The van der Waals surface area contributed by atoms with E-state index in [4.69, 9.17) is 21.7 Å². The van der Waals surface area contributed by atoms with E-state index in [1.165, 1.54) is 6.92 Å². The van der Waals surface area contributed by atoms with Crippen molar-refractivity contribution in [3.05, 3.63) is 53.6 Å². The number of ketones is 1. The minimum Gasteiger partial charge on any atom is -0.493 e. The number of hydrogen-bond donors (Lipinski definition) is 2. The van der Waals surface area contributed by atoms with Crippen molar-refractivity contribution in [2.24, 2.45) is 0 Å². The van der Waals surface area contributed by atoms with Gasteiger partial charge >= 0.3 is 0 Å². The maximum absolute atomic E-state index is 11.5. The molecule has 0 spiro atoms. The number of Topliss-reactive ketones (excluding diaryl/α,β-unsaturated/α-hetero) is 1. The van der Waals surface area contributed by atoms with E-state index >= 15 is 0 Å². The molecule has 0 radical (unpaired) electrons. The van der Waals surface area contributed by atoms with E-state index in [9.17, 15) is 4.79 Å². The molecule has 0 amide bonds. The summed E-state index contributed by atoms with van der Waals surface area (Å²) in [4.78, 5) is 11.5. The number of ether oxygens (including phenoxy) is 2. The normalized spacial score (nSPS) is 11.4. The highest BCUT2D eigenvalue weighted by atomic mass is 32.1. The molecule has 2 rings (SSSR count). The van der Waals surface area contributed by atoms with Crippen LogP contribution < -0.4 is 20.1 Å². The molecule has 25 heavy (non-hydrogen) atoms. The first-order valence-corrected chi connectivity index (χ1v) is 8.26. The van der Waals surface area contributed by atoms with Gasteiger partial charge in [-0.25, -0.2) is 0 Å². The van der Waals surface area contributed by atoms with Crippen LogP contribution in [0.25, 0.3) is 0 Å². The molecule has 2 N–H and O–H groups in total. The molecule has 1 atom stereocenters. The number of carbonyl (C=O) groups is 1. The molecule has 0 aromatic heterocycles. The second kappa shape index (κ2) is 8.48. The van der Waals surface area contributed by atoms with Crippen molar-refractivity contribution < 1.29 is 14.3 Å². The Balaban J connectivity index is 2.05. The summed E-state index contributed by atoms with van der Waals surface area (Å²) in [6.07, 6.45) is 0. The quantitative estimate of drug-likeness (QED) is 0.602. The topological polar surface area (TPSA) is 59.6 Å². The molecule has 0 unspecified atom stereocenters. The van der Waals surface area contributed by atoms with E-state index in [0.29, 0.717) is 22.2 Å². The summed E-state index contributed by atoms with van der Waals surface area (Å²) in [6, 6.07) is 12.9. The number of nitrogens with one attached hydrogen (secondary N) is 2. The molecule has 0 bridgehead atoms. The molecule has 0 fully saturated rings.